The first kappa shape index (κ1) is 35.6. The highest BCUT2D eigenvalue weighted by Gasteiger charge is 2.37. The van der Waals surface area contributed by atoms with Crippen molar-refractivity contribution in [3.05, 3.63) is 88.4 Å². The Morgan fingerprint density at radius 3 is 2.44 bits per heavy atom. The number of carboxylic acid groups (broad SMARTS) is 2. The van der Waals surface area contributed by atoms with Crippen molar-refractivity contribution in [2.24, 2.45) is 0 Å². The van der Waals surface area contributed by atoms with Gasteiger partial charge < -0.3 is 20.4 Å². The normalized spacial score (nSPS) is 18.8. The van der Waals surface area contributed by atoms with Crippen molar-refractivity contribution < 1.29 is 33.0 Å². The largest absolute Gasteiger partial charge is 0.480 e. The van der Waals surface area contributed by atoms with Crippen molar-refractivity contribution in [3.8, 4) is 0 Å². The van der Waals surface area contributed by atoms with Crippen LogP contribution in [0.4, 0.5) is 5.69 Å². The van der Waals surface area contributed by atoms with Gasteiger partial charge in [-0.1, -0.05) is 66.2 Å². The van der Waals surface area contributed by atoms with Gasteiger partial charge >= 0.3 is 11.9 Å². The fraction of sp³-hybridized carbons (Fsp3) is 0.364. The van der Waals surface area contributed by atoms with E-state index in [1.54, 1.807) is 30.3 Å². The monoisotopic (exact) mass is 715 g/mol. The Kier molecular flexibility index (Phi) is 11.7. The third kappa shape index (κ3) is 8.87. The lowest BCUT2D eigenvalue weighted by atomic mass is 10.0. The molecular weight excluding hydrogens is 678 g/mol. The quantitative estimate of drug-likeness (QED) is 0.134. The Balaban J connectivity index is 1.15. The van der Waals surface area contributed by atoms with E-state index in [1.165, 1.54) is 35.4 Å². The maximum absolute atomic E-state index is 13.3. The van der Waals surface area contributed by atoms with Crippen molar-refractivity contribution in [3.63, 3.8) is 0 Å². The van der Waals surface area contributed by atoms with Crippen molar-refractivity contribution in [2.75, 3.05) is 11.9 Å². The second-order valence-electron chi connectivity index (χ2n) is 11.9. The van der Waals surface area contributed by atoms with Crippen LogP contribution in [0.3, 0.4) is 0 Å². The van der Waals surface area contributed by atoms with Crippen LogP contribution in [-0.4, -0.2) is 72.2 Å². The molecule has 0 radical (unpaired) electrons. The Morgan fingerprint density at radius 1 is 1.04 bits per heavy atom. The molecule has 4 atom stereocenters. The first-order valence-corrected chi connectivity index (χ1v) is 18.2. The molecule has 256 valence electrons. The van der Waals surface area contributed by atoms with Crippen LogP contribution in [0.5, 0.6) is 0 Å². The van der Waals surface area contributed by atoms with Gasteiger partial charge in [0.2, 0.25) is 15.9 Å². The molecule has 3 aromatic rings. The van der Waals surface area contributed by atoms with Crippen LogP contribution in [-0.2, 0) is 43.8 Å². The molecular formula is C33H38ClN5O7S2. The molecule has 3 aromatic carbocycles. The second-order valence-corrected chi connectivity index (χ2v) is 14.9. The zero-order valence-electron chi connectivity index (χ0n) is 26.2. The maximum Gasteiger partial charge on any atom is 0.326 e. The van der Waals surface area contributed by atoms with Crippen molar-refractivity contribution in [1.29, 1.82) is 0 Å². The summed E-state index contributed by atoms with van der Waals surface area (Å²) in [4.78, 5) is 38.3. The predicted molar refractivity (Wildman–Crippen MR) is 183 cm³/mol. The van der Waals surface area contributed by atoms with Gasteiger partial charge in [0.05, 0.1) is 22.9 Å². The Morgan fingerprint density at radius 2 is 1.75 bits per heavy atom. The Bertz CT molecular complexity index is 1740. The molecule has 5 rings (SSSR count). The van der Waals surface area contributed by atoms with Gasteiger partial charge in [0.1, 0.15) is 17.0 Å². The summed E-state index contributed by atoms with van der Waals surface area (Å²) in [5.74, 6) is -2.69. The summed E-state index contributed by atoms with van der Waals surface area (Å²) < 4.78 is 32.4. The molecule has 15 heteroatoms. The number of hydrogen-bond donors (Lipinski definition) is 6. The average Bonchev–Trinajstić information content (AvgIpc) is 3.57. The van der Waals surface area contributed by atoms with Crippen LogP contribution in [0.25, 0.3) is 0 Å². The average molecular weight is 716 g/mol. The Hall–Kier alpha value is -3.66. The third-order valence-electron chi connectivity index (χ3n) is 8.40. The topological polar surface area (TPSA) is 177 Å². The molecule has 0 spiro atoms. The van der Waals surface area contributed by atoms with E-state index in [0.29, 0.717) is 35.4 Å². The van der Waals surface area contributed by atoms with Crippen LogP contribution in [0.15, 0.2) is 76.5 Å². The molecule has 6 N–H and O–H groups in total. The van der Waals surface area contributed by atoms with Crippen molar-refractivity contribution in [2.45, 2.75) is 79.7 Å². The summed E-state index contributed by atoms with van der Waals surface area (Å²) in [6, 6.07) is 17.2. The number of anilines is 1. The van der Waals surface area contributed by atoms with Gasteiger partial charge in [0.15, 0.2) is 0 Å². The lowest BCUT2D eigenvalue weighted by Gasteiger charge is -2.28. The number of aliphatic carboxylic acids is 2. The molecule has 1 saturated heterocycles. The highest BCUT2D eigenvalue weighted by Crippen LogP contribution is 2.37. The number of carbonyl (C=O) groups excluding carboxylic acids is 1. The van der Waals surface area contributed by atoms with Crippen LogP contribution in [0.2, 0.25) is 5.02 Å². The van der Waals surface area contributed by atoms with Crippen molar-refractivity contribution in [1.82, 2.24) is 19.7 Å². The number of benzene rings is 3. The van der Waals surface area contributed by atoms with Crippen LogP contribution in [0, 0.1) is 0 Å². The van der Waals surface area contributed by atoms with Gasteiger partial charge in [-0.05, 0) is 79.8 Å². The maximum atomic E-state index is 13.3. The first-order valence-electron chi connectivity index (χ1n) is 15.6. The molecule has 12 nitrogen and oxygen atoms in total. The van der Waals surface area contributed by atoms with Gasteiger partial charge in [-0.25, -0.2) is 22.7 Å². The minimum absolute atomic E-state index is 0.0173. The number of fused-ring (bicyclic) bond motifs is 1. The molecule has 2 aliphatic heterocycles. The number of rotatable bonds is 14. The lowest BCUT2D eigenvalue weighted by Crippen LogP contribution is -2.53. The van der Waals surface area contributed by atoms with E-state index in [4.69, 9.17) is 11.6 Å². The molecule has 0 bridgehead atoms. The number of nitrogens with one attached hydrogen (secondary N) is 4. The fourth-order valence-electron chi connectivity index (χ4n) is 5.79. The minimum atomic E-state index is -3.97. The summed E-state index contributed by atoms with van der Waals surface area (Å²) in [5.41, 5.74) is 3.28. The molecule has 0 saturated carbocycles. The number of carboxylic acids is 2. The molecule has 2 heterocycles. The summed E-state index contributed by atoms with van der Waals surface area (Å²) in [6.45, 7) is 1.82. The molecule has 1 fully saturated rings. The smallest absolute Gasteiger partial charge is 0.326 e. The number of carbonyl (C=O) groups is 3. The highest BCUT2D eigenvalue weighted by molar-refractivity contribution is 7.97. The van der Waals surface area contributed by atoms with E-state index in [0.717, 1.165) is 18.5 Å². The van der Waals surface area contributed by atoms with Crippen LogP contribution >= 0.6 is 23.5 Å². The number of halogens is 1. The molecule has 1 amide bonds. The van der Waals surface area contributed by atoms with E-state index in [9.17, 15) is 33.0 Å². The highest BCUT2D eigenvalue weighted by atomic mass is 35.5. The van der Waals surface area contributed by atoms with Gasteiger partial charge in [0, 0.05) is 18.0 Å². The molecule has 2 aliphatic rings. The number of nitrogens with zero attached hydrogens (tertiary/aromatic N) is 1. The molecule has 0 aromatic heterocycles. The van der Waals surface area contributed by atoms with E-state index in [-0.39, 0.29) is 29.0 Å². The number of likely N-dealkylation sites (tertiary alicyclic amines) is 1. The molecule has 1 unspecified atom stereocenters. The molecule has 48 heavy (non-hydrogen) atoms. The number of aryl methyl sites for hydroxylation is 1. The summed E-state index contributed by atoms with van der Waals surface area (Å²) in [7, 11) is -3.97. The van der Waals surface area contributed by atoms with E-state index < -0.39 is 46.0 Å². The van der Waals surface area contributed by atoms with Gasteiger partial charge in [0.25, 0.3) is 0 Å². The van der Waals surface area contributed by atoms with Crippen LogP contribution in [0.1, 0.15) is 42.9 Å². The predicted octanol–water partition coefficient (Wildman–Crippen LogP) is 3.85. The standard InChI is InChI=1S/C33H38ClN5O7S2/c1-20(31(40)39-15-5-8-27(39)33(43)44)36-26(32(41)42)16-22-9-11-23(12-10-22)19-35-48(45,46)29-18-28-25(17-24(29)34)37-30(38-47-28)14-13-21-6-3-2-4-7-21/h2-4,6-7,9-12,17-18,20,26-27,30,35-38H,5,8,13-16,19H2,1H3,(H,41,42)(H,43,44)/t20?,26-,27-,30-/m0/s1. The van der Waals surface area contributed by atoms with Crippen molar-refractivity contribution >= 4 is 57.1 Å². The van der Waals surface area contributed by atoms with E-state index >= 15 is 0 Å². The number of sulfonamides is 1. The molecule has 0 aliphatic carbocycles. The fourth-order valence-corrected chi connectivity index (χ4v) is 8.28. The minimum Gasteiger partial charge on any atom is -0.480 e. The van der Waals surface area contributed by atoms with Gasteiger partial charge in [-0.2, -0.15) is 0 Å². The summed E-state index contributed by atoms with van der Waals surface area (Å²) in [6.07, 6.45) is 2.68. The zero-order chi connectivity index (χ0) is 34.4. The third-order valence-corrected chi connectivity index (χ3v) is 11.2. The zero-order valence-corrected chi connectivity index (χ0v) is 28.6. The SMILES string of the molecule is CC(N[C@@H](Cc1ccc(CNS(=O)(=O)c2cc3c(cc2Cl)N[C@H](CCc2ccccc2)NS3)cc1)C(=O)O)C(=O)N1CCC[C@H]1C(=O)O. The van der Waals surface area contributed by atoms with Gasteiger partial charge in [-0.3, -0.25) is 14.9 Å². The summed E-state index contributed by atoms with van der Waals surface area (Å²) in [5, 5.41) is 25.5. The number of amides is 1. The lowest BCUT2D eigenvalue weighted by molar-refractivity contribution is -0.149. The summed E-state index contributed by atoms with van der Waals surface area (Å²) >= 11 is 7.81. The first-order chi connectivity index (χ1) is 22.9. The van der Waals surface area contributed by atoms with E-state index in [2.05, 4.69) is 32.2 Å². The van der Waals surface area contributed by atoms with E-state index in [1.807, 2.05) is 18.2 Å². The number of hydrogen-bond acceptors (Lipinski definition) is 9. The second kappa shape index (κ2) is 15.7. The van der Waals surface area contributed by atoms with Crippen LogP contribution < -0.4 is 20.1 Å². The Labute approximate surface area is 288 Å². The van der Waals surface area contributed by atoms with Gasteiger partial charge in [-0.15, -0.1) is 0 Å².